The number of carbonyl (C=O) groups is 2. The molecule has 5 nitrogen and oxygen atoms in total. The van der Waals surface area contributed by atoms with Crippen LogP contribution >= 0.6 is 0 Å². The van der Waals surface area contributed by atoms with Gasteiger partial charge in [0.1, 0.15) is 11.4 Å². The number of para-hydroxylation sites is 1. The first-order valence-corrected chi connectivity index (χ1v) is 6.95. The van der Waals surface area contributed by atoms with Gasteiger partial charge in [0, 0.05) is 0 Å². The third kappa shape index (κ3) is 4.20. The third-order valence-electron chi connectivity index (χ3n) is 3.12. The largest absolute Gasteiger partial charge is 0.496 e. The van der Waals surface area contributed by atoms with Gasteiger partial charge in [0.2, 0.25) is 0 Å². The minimum Gasteiger partial charge on any atom is -0.496 e. The van der Waals surface area contributed by atoms with Gasteiger partial charge in [-0.2, -0.15) is 0 Å². The monoisotopic (exact) mass is 311 g/mol. The molecular weight excluding hydrogens is 294 g/mol. The van der Waals surface area contributed by atoms with E-state index in [0.717, 1.165) is 5.56 Å². The molecule has 0 aromatic heterocycles. The average Bonchev–Trinajstić information content (AvgIpc) is 2.61. The molecule has 0 radical (unpaired) electrons. The Morgan fingerprint density at radius 2 is 1.61 bits per heavy atom. The van der Waals surface area contributed by atoms with Gasteiger partial charge in [-0.15, -0.1) is 0 Å². The molecule has 2 aromatic carbocycles. The van der Waals surface area contributed by atoms with E-state index < -0.39 is 11.9 Å². The summed E-state index contributed by atoms with van der Waals surface area (Å²) >= 11 is 0. The van der Waals surface area contributed by atoms with Crippen LogP contribution in [0.15, 0.2) is 60.3 Å². The van der Waals surface area contributed by atoms with Crippen LogP contribution in [0.25, 0.3) is 6.08 Å². The summed E-state index contributed by atoms with van der Waals surface area (Å²) < 4.78 is 9.88. The first kappa shape index (κ1) is 16.3. The van der Waals surface area contributed by atoms with Gasteiger partial charge in [0.05, 0.1) is 19.8 Å². The van der Waals surface area contributed by atoms with Gasteiger partial charge in [-0.05, 0) is 23.8 Å². The SMILES string of the molecule is COC(=O)/C(=C\c1ccccc1)NC(=O)c1ccccc1OC. The van der Waals surface area contributed by atoms with E-state index in [2.05, 4.69) is 5.32 Å². The predicted octanol–water partition coefficient (Wildman–Crippen LogP) is 2.64. The smallest absolute Gasteiger partial charge is 0.354 e. The quantitative estimate of drug-likeness (QED) is 0.681. The predicted molar refractivity (Wildman–Crippen MR) is 86.9 cm³/mol. The molecule has 0 heterocycles. The van der Waals surface area contributed by atoms with Crippen molar-refractivity contribution in [2.45, 2.75) is 0 Å². The topological polar surface area (TPSA) is 64.6 Å². The van der Waals surface area contributed by atoms with Gasteiger partial charge in [-0.3, -0.25) is 4.79 Å². The lowest BCUT2D eigenvalue weighted by molar-refractivity contribution is -0.136. The number of hydrogen-bond donors (Lipinski definition) is 1. The lowest BCUT2D eigenvalue weighted by Gasteiger charge is -2.11. The summed E-state index contributed by atoms with van der Waals surface area (Å²) in [5.74, 6) is -0.652. The van der Waals surface area contributed by atoms with Crippen molar-refractivity contribution in [1.29, 1.82) is 0 Å². The highest BCUT2D eigenvalue weighted by molar-refractivity contribution is 6.04. The van der Waals surface area contributed by atoms with Crippen molar-refractivity contribution in [2.75, 3.05) is 14.2 Å². The number of rotatable bonds is 5. The summed E-state index contributed by atoms with van der Waals surface area (Å²) in [6.45, 7) is 0. The molecule has 1 N–H and O–H groups in total. The number of carbonyl (C=O) groups excluding carboxylic acids is 2. The molecule has 0 spiro atoms. The van der Waals surface area contributed by atoms with Crippen molar-refractivity contribution in [2.24, 2.45) is 0 Å². The molecule has 0 saturated heterocycles. The van der Waals surface area contributed by atoms with Crippen LogP contribution < -0.4 is 10.1 Å². The molecule has 0 unspecified atom stereocenters. The van der Waals surface area contributed by atoms with Crippen molar-refractivity contribution in [3.63, 3.8) is 0 Å². The van der Waals surface area contributed by atoms with E-state index in [1.54, 1.807) is 30.3 Å². The Balaban J connectivity index is 2.30. The fourth-order valence-corrected chi connectivity index (χ4v) is 1.99. The van der Waals surface area contributed by atoms with E-state index in [0.29, 0.717) is 11.3 Å². The second-order valence-corrected chi connectivity index (χ2v) is 4.61. The summed E-state index contributed by atoms with van der Waals surface area (Å²) in [6, 6.07) is 15.9. The highest BCUT2D eigenvalue weighted by Crippen LogP contribution is 2.17. The van der Waals surface area contributed by atoms with Crippen LogP contribution in [0.4, 0.5) is 0 Å². The molecule has 0 aliphatic heterocycles. The molecule has 1 amide bonds. The number of hydrogen-bond acceptors (Lipinski definition) is 4. The van der Waals surface area contributed by atoms with Crippen LogP contribution in [0, 0.1) is 0 Å². The molecule has 23 heavy (non-hydrogen) atoms. The van der Waals surface area contributed by atoms with Crippen molar-refractivity contribution in [1.82, 2.24) is 5.32 Å². The highest BCUT2D eigenvalue weighted by Gasteiger charge is 2.17. The lowest BCUT2D eigenvalue weighted by atomic mass is 10.1. The first-order valence-electron chi connectivity index (χ1n) is 6.95. The average molecular weight is 311 g/mol. The maximum absolute atomic E-state index is 12.4. The molecular formula is C18H17NO4. The molecule has 2 rings (SSSR count). The van der Waals surface area contributed by atoms with Gasteiger partial charge < -0.3 is 14.8 Å². The zero-order valence-electron chi connectivity index (χ0n) is 12.9. The zero-order chi connectivity index (χ0) is 16.7. The van der Waals surface area contributed by atoms with E-state index in [4.69, 9.17) is 9.47 Å². The summed E-state index contributed by atoms with van der Waals surface area (Å²) in [5, 5.41) is 2.57. The maximum Gasteiger partial charge on any atom is 0.354 e. The standard InChI is InChI=1S/C18H17NO4/c1-22-16-11-7-6-10-14(16)17(20)19-15(18(21)23-2)12-13-8-4-3-5-9-13/h3-12H,1-2H3,(H,19,20)/b15-12+. The lowest BCUT2D eigenvalue weighted by Crippen LogP contribution is -2.28. The van der Waals surface area contributed by atoms with Crippen LogP contribution in [0.5, 0.6) is 5.75 Å². The van der Waals surface area contributed by atoms with E-state index in [1.165, 1.54) is 14.2 Å². The number of benzene rings is 2. The van der Waals surface area contributed by atoms with Crippen LogP contribution in [-0.2, 0) is 9.53 Å². The molecule has 0 fully saturated rings. The second-order valence-electron chi connectivity index (χ2n) is 4.61. The van der Waals surface area contributed by atoms with Gasteiger partial charge in [-0.1, -0.05) is 42.5 Å². The van der Waals surface area contributed by atoms with Gasteiger partial charge in [0.25, 0.3) is 5.91 Å². The number of amides is 1. The van der Waals surface area contributed by atoms with Crippen LogP contribution in [0.1, 0.15) is 15.9 Å². The van der Waals surface area contributed by atoms with Crippen molar-refractivity contribution >= 4 is 18.0 Å². The van der Waals surface area contributed by atoms with Gasteiger partial charge in [-0.25, -0.2) is 4.79 Å². The Bertz CT molecular complexity index is 723. The summed E-state index contributed by atoms with van der Waals surface area (Å²) in [5.41, 5.74) is 1.15. The molecule has 5 heteroatoms. The summed E-state index contributed by atoms with van der Waals surface area (Å²) in [6.07, 6.45) is 1.55. The molecule has 0 aliphatic rings. The number of methoxy groups -OCH3 is 2. The molecule has 2 aromatic rings. The molecule has 0 bridgehead atoms. The second kappa shape index (κ2) is 7.79. The van der Waals surface area contributed by atoms with Crippen LogP contribution in [0.2, 0.25) is 0 Å². The van der Waals surface area contributed by atoms with Crippen molar-refractivity contribution in [3.05, 3.63) is 71.4 Å². The maximum atomic E-state index is 12.4. The van der Waals surface area contributed by atoms with E-state index in [-0.39, 0.29) is 5.70 Å². The molecule has 0 atom stereocenters. The van der Waals surface area contributed by atoms with Gasteiger partial charge in [0.15, 0.2) is 0 Å². The zero-order valence-corrected chi connectivity index (χ0v) is 12.9. The number of ether oxygens (including phenoxy) is 2. The van der Waals surface area contributed by atoms with Crippen molar-refractivity contribution in [3.8, 4) is 5.75 Å². The van der Waals surface area contributed by atoms with E-state index >= 15 is 0 Å². The Labute approximate surface area is 134 Å². The normalized spacial score (nSPS) is 10.8. The fourth-order valence-electron chi connectivity index (χ4n) is 1.99. The van der Waals surface area contributed by atoms with E-state index in [1.807, 2.05) is 30.3 Å². The molecule has 0 aliphatic carbocycles. The van der Waals surface area contributed by atoms with Crippen LogP contribution in [-0.4, -0.2) is 26.1 Å². The fraction of sp³-hybridized carbons (Fsp3) is 0.111. The van der Waals surface area contributed by atoms with Crippen LogP contribution in [0.3, 0.4) is 0 Å². The third-order valence-corrected chi connectivity index (χ3v) is 3.12. The number of esters is 1. The Morgan fingerprint density at radius 1 is 0.957 bits per heavy atom. The minimum atomic E-state index is -0.628. The van der Waals surface area contributed by atoms with Crippen molar-refractivity contribution < 1.29 is 19.1 Å². The Hall–Kier alpha value is -3.08. The molecule has 0 saturated carbocycles. The summed E-state index contributed by atoms with van der Waals surface area (Å²) in [4.78, 5) is 24.3. The first-order chi connectivity index (χ1) is 11.2. The Kier molecular flexibility index (Phi) is 5.52. The number of nitrogens with one attached hydrogen (secondary N) is 1. The van der Waals surface area contributed by atoms with E-state index in [9.17, 15) is 9.59 Å². The minimum absolute atomic E-state index is 0.0506. The molecule has 118 valence electrons. The summed E-state index contributed by atoms with van der Waals surface area (Å²) in [7, 11) is 2.74. The Morgan fingerprint density at radius 3 is 2.26 bits per heavy atom. The highest BCUT2D eigenvalue weighted by atomic mass is 16.5. The van der Waals surface area contributed by atoms with Gasteiger partial charge >= 0.3 is 5.97 Å².